The number of nitrogens with two attached hydrogens (primary N) is 1. The molecule has 18 heavy (non-hydrogen) atoms. The summed E-state index contributed by atoms with van der Waals surface area (Å²) in [6, 6.07) is 0.138. The Labute approximate surface area is 105 Å². The van der Waals surface area contributed by atoms with Gasteiger partial charge in [0.15, 0.2) is 0 Å². The van der Waals surface area contributed by atoms with Crippen molar-refractivity contribution in [3.63, 3.8) is 0 Å². The maximum Gasteiger partial charge on any atom is 0.353 e. The maximum atomic E-state index is 11.1. The van der Waals surface area contributed by atoms with Crippen LogP contribution in [0.1, 0.15) is 26.7 Å². The Balaban J connectivity index is 2.39. The fourth-order valence-corrected chi connectivity index (χ4v) is 1.89. The second-order valence-electron chi connectivity index (χ2n) is 4.88. The Morgan fingerprint density at radius 3 is 2.72 bits per heavy atom. The molecule has 2 rings (SSSR count). The van der Waals surface area contributed by atoms with Gasteiger partial charge >= 0.3 is 5.69 Å². The number of nitrogen functional groups attached to an aromatic ring is 1. The zero-order chi connectivity index (χ0) is 13.3. The highest BCUT2D eigenvalue weighted by Crippen LogP contribution is 2.36. The SMILES string of the molecule is CC(C)N(CC1CC1)c1ncnc(N)c1[N+](=O)[O-]. The summed E-state index contributed by atoms with van der Waals surface area (Å²) < 4.78 is 0. The second kappa shape index (κ2) is 4.75. The minimum absolute atomic E-state index is 0.0774. The third kappa shape index (κ3) is 2.49. The predicted octanol–water partition coefficient (Wildman–Crippen LogP) is 1.59. The van der Waals surface area contributed by atoms with Crippen molar-refractivity contribution in [3.05, 3.63) is 16.4 Å². The lowest BCUT2D eigenvalue weighted by Crippen LogP contribution is -2.34. The molecule has 1 aromatic heterocycles. The van der Waals surface area contributed by atoms with Crippen molar-refractivity contribution in [2.75, 3.05) is 17.2 Å². The van der Waals surface area contributed by atoms with Crippen molar-refractivity contribution in [2.24, 2.45) is 5.92 Å². The summed E-state index contributed by atoms with van der Waals surface area (Å²) in [5.74, 6) is 0.865. The van der Waals surface area contributed by atoms with Crippen LogP contribution >= 0.6 is 0 Å². The zero-order valence-corrected chi connectivity index (χ0v) is 10.5. The van der Waals surface area contributed by atoms with Gasteiger partial charge in [-0.3, -0.25) is 10.1 Å². The molecule has 0 aliphatic heterocycles. The molecule has 1 aromatic rings. The summed E-state index contributed by atoms with van der Waals surface area (Å²) in [6.07, 6.45) is 3.63. The number of anilines is 2. The molecule has 1 saturated carbocycles. The van der Waals surface area contributed by atoms with E-state index in [2.05, 4.69) is 9.97 Å². The summed E-state index contributed by atoms with van der Waals surface area (Å²) in [5.41, 5.74) is 5.40. The summed E-state index contributed by atoms with van der Waals surface area (Å²) in [5, 5.41) is 11.1. The number of hydrogen-bond donors (Lipinski definition) is 1. The van der Waals surface area contributed by atoms with E-state index < -0.39 is 4.92 Å². The third-order valence-electron chi connectivity index (χ3n) is 3.06. The molecular formula is C11H17N5O2. The van der Waals surface area contributed by atoms with Crippen LogP contribution in [0.4, 0.5) is 17.3 Å². The average molecular weight is 251 g/mol. The molecule has 0 unspecified atom stereocenters. The second-order valence-corrected chi connectivity index (χ2v) is 4.88. The van der Waals surface area contributed by atoms with Crippen molar-refractivity contribution < 1.29 is 4.92 Å². The molecular weight excluding hydrogens is 234 g/mol. The van der Waals surface area contributed by atoms with Crippen LogP contribution < -0.4 is 10.6 Å². The van der Waals surface area contributed by atoms with Crippen molar-refractivity contribution in [1.82, 2.24) is 9.97 Å². The summed E-state index contributed by atoms with van der Waals surface area (Å²) in [7, 11) is 0. The lowest BCUT2D eigenvalue weighted by Gasteiger charge is -2.27. The van der Waals surface area contributed by atoms with Crippen LogP contribution in [0.15, 0.2) is 6.33 Å². The van der Waals surface area contributed by atoms with Gasteiger partial charge in [0.25, 0.3) is 0 Å². The number of rotatable bonds is 5. The van der Waals surface area contributed by atoms with E-state index in [1.807, 2.05) is 18.7 Å². The molecule has 1 aliphatic rings. The van der Waals surface area contributed by atoms with Crippen molar-refractivity contribution in [1.29, 1.82) is 0 Å². The summed E-state index contributed by atoms with van der Waals surface area (Å²) >= 11 is 0. The third-order valence-corrected chi connectivity index (χ3v) is 3.06. The van der Waals surface area contributed by atoms with E-state index in [1.165, 1.54) is 19.2 Å². The van der Waals surface area contributed by atoms with E-state index in [0.717, 1.165) is 6.54 Å². The highest BCUT2D eigenvalue weighted by Gasteiger charge is 2.31. The monoisotopic (exact) mass is 251 g/mol. The Hall–Kier alpha value is -1.92. The number of nitro groups is 1. The molecule has 0 spiro atoms. The fourth-order valence-electron chi connectivity index (χ4n) is 1.89. The lowest BCUT2D eigenvalue weighted by molar-refractivity contribution is -0.383. The Morgan fingerprint density at radius 1 is 1.56 bits per heavy atom. The number of hydrogen-bond acceptors (Lipinski definition) is 6. The van der Waals surface area contributed by atoms with E-state index >= 15 is 0 Å². The van der Waals surface area contributed by atoms with E-state index in [0.29, 0.717) is 11.7 Å². The van der Waals surface area contributed by atoms with E-state index in [1.54, 1.807) is 0 Å². The van der Waals surface area contributed by atoms with Crippen LogP contribution in [0.5, 0.6) is 0 Å². The first-order valence-corrected chi connectivity index (χ1v) is 6.02. The van der Waals surface area contributed by atoms with Crippen LogP contribution in [-0.2, 0) is 0 Å². The molecule has 0 amide bonds. The Kier molecular flexibility index (Phi) is 3.31. The highest BCUT2D eigenvalue weighted by molar-refractivity contribution is 5.68. The van der Waals surface area contributed by atoms with Gasteiger partial charge in [-0.15, -0.1) is 0 Å². The zero-order valence-electron chi connectivity index (χ0n) is 10.5. The first kappa shape index (κ1) is 12.5. The quantitative estimate of drug-likeness (QED) is 0.630. The minimum Gasteiger partial charge on any atom is -0.378 e. The first-order chi connectivity index (χ1) is 8.50. The Morgan fingerprint density at radius 2 is 2.22 bits per heavy atom. The number of aromatic nitrogens is 2. The maximum absolute atomic E-state index is 11.1. The molecule has 7 heteroatoms. The first-order valence-electron chi connectivity index (χ1n) is 6.02. The van der Waals surface area contributed by atoms with Crippen molar-refractivity contribution in [3.8, 4) is 0 Å². The van der Waals surface area contributed by atoms with Gasteiger partial charge in [-0.25, -0.2) is 9.97 Å². The largest absolute Gasteiger partial charge is 0.378 e. The van der Waals surface area contributed by atoms with Gasteiger partial charge in [0.1, 0.15) is 6.33 Å². The molecule has 1 fully saturated rings. The predicted molar refractivity (Wildman–Crippen MR) is 68.3 cm³/mol. The van der Waals surface area contributed by atoms with Crippen molar-refractivity contribution in [2.45, 2.75) is 32.7 Å². The molecule has 7 nitrogen and oxygen atoms in total. The van der Waals surface area contributed by atoms with E-state index in [-0.39, 0.29) is 17.5 Å². The van der Waals surface area contributed by atoms with Crippen molar-refractivity contribution >= 4 is 17.3 Å². The smallest absolute Gasteiger partial charge is 0.353 e. The van der Waals surface area contributed by atoms with Crippen LogP contribution in [0, 0.1) is 16.0 Å². The molecule has 0 saturated heterocycles. The molecule has 0 radical (unpaired) electrons. The van der Waals surface area contributed by atoms with Gasteiger partial charge < -0.3 is 10.6 Å². The topological polar surface area (TPSA) is 98.2 Å². The Bertz CT molecular complexity index is 459. The van der Waals surface area contributed by atoms with Gasteiger partial charge in [-0.05, 0) is 32.6 Å². The normalized spacial score (nSPS) is 14.8. The molecule has 2 N–H and O–H groups in total. The van der Waals surface area contributed by atoms with Gasteiger partial charge in [-0.2, -0.15) is 0 Å². The molecule has 0 atom stereocenters. The number of nitrogens with zero attached hydrogens (tertiary/aromatic N) is 4. The molecule has 0 aromatic carbocycles. The van der Waals surface area contributed by atoms with E-state index in [9.17, 15) is 10.1 Å². The standard InChI is InChI=1S/C11H17N5O2/c1-7(2)15(5-8-3-4-8)11-9(16(17)18)10(12)13-6-14-11/h6-8H,3-5H2,1-2H3,(H2,12,13,14). The molecule has 0 bridgehead atoms. The summed E-state index contributed by atoms with van der Waals surface area (Å²) in [6.45, 7) is 4.77. The molecule has 98 valence electrons. The average Bonchev–Trinajstić information content (AvgIpc) is 3.08. The fraction of sp³-hybridized carbons (Fsp3) is 0.636. The van der Waals surface area contributed by atoms with Gasteiger partial charge in [0.05, 0.1) is 4.92 Å². The lowest BCUT2D eigenvalue weighted by atomic mass is 10.2. The van der Waals surface area contributed by atoms with Gasteiger partial charge in [-0.1, -0.05) is 0 Å². The van der Waals surface area contributed by atoms with Crippen LogP contribution in [0.25, 0.3) is 0 Å². The summed E-state index contributed by atoms with van der Waals surface area (Å²) in [4.78, 5) is 20.3. The highest BCUT2D eigenvalue weighted by atomic mass is 16.6. The molecule has 1 aliphatic carbocycles. The van der Waals surface area contributed by atoms with Crippen LogP contribution in [-0.4, -0.2) is 27.5 Å². The molecule has 1 heterocycles. The van der Waals surface area contributed by atoms with Crippen LogP contribution in [0.3, 0.4) is 0 Å². The van der Waals surface area contributed by atoms with Gasteiger partial charge in [0, 0.05) is 12.6 Å². The van der Waals surface area contributed by atoms with Crippen LogP contribution in [0.2, 0.25) is 0 Å². The van der Waals surface area contributed by atoms with Gasteiger partial charge in [0.2, 0.25) is 11.6 Å². The minimum atomic E-state index is -0.507. The van der Waals surface area contributed by atoms with E-state index in [4.69, 9.17) is 5.73 Å².